The van der Waals surface area contributed by atoms with Crippen molar-refractivity contribution < 1.29 is 40.1 Å². The maximum atomic E-state index is 14.5. The molecular formula is C20H23F4N3O5S. The number of nitrogens with one attached hydrogen (secondary N) is 1. The Hall–Kier alpha value is -2.93. The molecule has 0 spiro atoms. The van der Waals surface area contributed by atoms with Gasteiger partial charge < -0.3 is 15.0 Å². The van der Waals surface area contributed by atoms with Crippen molar-refractivity contribution in [3.63, 3.8) is 0 Å². The van der Waals surface area contributed by atoms with Crippen LogP contribution in [-0.4, -0.2) is 60.8 Å². The van der Waals surface area contributed by atoms with Gasteiger partial charge in [-0.25, -0.2) is 22.4 Å². The Morgan fingerprint density at radius 1 is 1.27 bits per heavy atom. The molecule has 2 heterocycles. The Kier molecular flexibility index (Phi) is 8.99. The summed E-state index contributed by atoms with van der Waals surface area (Å²) in [6, 6.07) is 6.72. The number of ether oxygens (including phenoxy) is 1. The van der Waals surface area contributed by atoms with E-state index >= 15 is 0 Å². The Balaban J connectivity index is 0.000000696. The number of anilines is 1. The average Bonchev–Trinajstić information content (AvgIpc) is 2.71. The first-order chi connectivity index (χ1) is 15.3. The number of hydrogen-bond donors (Lipinski definition) is 2. The number of benzene rings is 1. The van der Waals surface area contributed by atoms with Gasteiger partial charge in [0.05, 0.1) is 24.7 Å². The summed E-state index contributed by atoms with van der Waals surface area (Å²) in [6.07, 6.45) is 2.27. The van der Waals surface area contributed by atoms with Crippen molar-refractivity contribution in [2.24, 2.45) is 5.92 Å². The summed E-state index contributed by atoms with van der Waals surface area (Å²) in [5, 5.41) is 2.67. The SMILES string of the molecule is CS(=O)(=O)O.O=C(OCc1ccc(F)cc1)N1CC[C@H](CNc2ccncc2F)C(F)(F)C1. The number of piperidine rings is 1. The van der Waals surface area contributed by atoms with Gasteiger partial charge in [-0.15, -0.1) is 0 Å². The van der Waals surface area contributed by atoms with Crippen molar-refractivity contribution in [1.82, 2.24) is 9.88 Å². The van der Waals surface area contributed by atoms with E-state index in [1.807, 2.05) is 0 Å². The number of alkyl halides is 2. The van der Waals surface area contributed by atoms with Crippen molar-refractivity contribution in [1.29, 1.82) is 0 Å². The number of likely N-dealkylation sites (tertiary alicyclic amines) is 1. The second kappa shape index (κ2) is 11.3. The second-order valence-electron chi connectivity index (χ2n) is 7.32. The smallest absolute Gasteiger partial charge is 0.410 e. The van der Waals surface area contributed by atoms with Gasteiger partial charge in [0.2, 0.25) is 0 Å². The van der Waals surface area contributed by atoms with Gasteiger partial charge in [-0.1, -0.05) is 12.1 Å². The Labute approximate surface area is 188 Å². The molecule has 0 aliphatic carbocycles. The fraction of sp³-hybridized carbons (Fsp3) is 0.400. The van der Waals surface area contributed by atoms with Crippen molar-refractivity contribution >= 4 is 21.9 Å². The summed E-state index contributed by atoms with van der Waals surface area (Å²) < 4.78 is 86.2. The topological polar surface area (TPSA) is 109 Å². The number of nitrogens with zero attached hydrogens (tertiary/aromatic N) is 2. The lowest BCUT2D eigenvalue weighted by Crippen LogP contribution is -2.52. The van der Waals surface area contributed by atoms with Crippen LogP contribution in [0.1, 0.15) is 12.0 Å². The van der Waals surface area contributed by atoms with Gasteiger partial charge >= 0.3 is 6.09 Å². The fourth-order valence-electron chi connectivity index (χ4n) is 2.96. The molecule has 2 aromatic rings. The quantitative estimate of drug-likeness (QED) is 0.484. The predicted octanol–water partition coefficient (Wildman–Crippen LogP) is 3.57. The van der Waals surface area contributed by atoms with Gasteiger partial charge in [0.1, 0.15) is 12.4 Å². The van der Waals surface area contributed by atoms with E-state index in [2.05, 4.69) is 10.3 Å². The minimum Gasteiger partial charge on any atom is -0.445 e. The number of carbonyl (C=O) groups excluding carboxylic acids is 1. The minimum absolute atomic E-state index is 0.0400. The monoisotopic (exact) mass is 493 g/mol. The molecule has 1 atom stereocenters. The average molecular weight is 493 g/mol. The van der Waals surface area contributed by atoms with E-state index in [1.54, 1.807) is 0 Å². The van der Waals surface area contributed by atoms with Crippen LogP contribution in [0.25, 0.3) is 0 Å². The predicted molar refractivity (Wildman–Crippen MR) is 111 cm³/mol. The van der Waals surface area contributed by atoms with Crippen LogP contribution in [-0.2, 0) is 21.5 Å². The maximum Gasteiger partial charge on any atom is 0.410 e. The van der Waals surface area contributed by atoms with E-state index < -0.39 is 46.2 Å². The van der Waals surface area contributed by atoms with Gasteiger partial charge in [0.25, 0.3) is 16.0 Å². The highest BCUT2D eigenvalue weighted by atomic mass is 32.2. The maximum absolute atomic E-state index is 14.5. The van der Waals surface area contributed by atoms with E-state index in [1.165, 1.54) is 36.5 Å². The van der Waals surface area contributed by atoms with Crippen LogP contribution in [0.4, 0.5) is 28.0 Å². The summed E-state index contributed by atoms with van der Waals surface area (Å²) >= 11 is 0. The van der Waals surface area contributed by atoms with Crippen molar-refractivity contribution in [2.45, 2.75) is 19.0 Å². The summed E-state index contributed by atoms with van der Waals surface area (Å²) in [5.41, 5.74) is 0.659. The number of amides is 1. The van der Waals surface area contributed by atoms with E-state index in [0.29, 0.717) is 11.8 Å². The standard InChI is InChI=1S/C19H19F4N3O2.CH4O3S/c20-15-3-1-13(2-4-15)11-28-18(27)26-8-6-14(19(22,23)12-26)9-25-17-5-7-24-10-16(17)21;1-5(2,3)4/h1-5,7,10,14H,6,8-9,11-12H2,(H,24,25);1H3,(H,2,3,4)/t14-;/m1./s1. The minimum atomic E-state index is -3.67. The van der Waals surface area contributed by atoms with Crippen LogP contribution in [0, 0.1) is 17.6 Å². The zero-order valence-corrected chi connectivity index (χ0v) is 18.4. The molecule has 1 saturated heterocycles. The number of aromatic nitrogens is 1. The lowest BCUT2D eigenvalue weighted by atomic mass is 9.93. The third-order valence-electron chi connectivity index (χ3n) is 4.59. The molecule has 1 aromatic carbocycles. The van der Waals surface area contributed by atoms with Crippen molar-refractivity contribution in [3.05, 3.63) is 59.9 Å². The van der Waals surface area contributed by atoms with Crippen molar-refractivity contribution in [2.75, 3.05) is 31.2 Å². The number of pyridine rings is 1. The zero-order chi connectivity index (χ0) is 24.6. The number of hydrogen-bond acceptors (Lipinski definition) is 6. The van der Waals surface area contributed by atoms with Gasteiger partial charge in [0.15, 0.2) is 5.82 Å². The van der Waals surface area contributed by atoms with Gasteiger partial charge in [-0.2, -0.15) is 8.42 Å². The zero-order valence-electron chi connectivity index (χ0n) is 17.5. The molecule has 182 valence electrons. The molecule has 0 bridgehead atoms. The van der Waals surface area contributed by atoms with Gasteiger partial charge in [-0.3, -0.25) is 9.54 Å². The van der Waals surface area contributed by atoms with Crippen LogP contribution in [0.2, 0.25) is 0 Å². The van der Waals surface area contributed by atoms with Gasteiger partial charge in [-0.05, 0) is 30.2 Å². The Morgan fingerprint density at radius 2 is 1.91 bits per heavy atom. The Morgan fingerprint density at radius 3 is 2.48 bits per heavy atom. The lowest BCUT2D eigenvalue weighted by Gasteiger charge is -2.37. The Bertz CT molecular complexity index is 1030. The highest BCUT2D eigenvalue weighted by Gasteiger charge is 2.46. The molecule has 33 heavy (non-hydrogen) atoms. The lowest BCUT2D eigenvalue weighted by molar-refractivity contribution is -0.101. The number of rotatable bonds is 5. The molecule has 0 saturated carbocycles. The summed E-state index contributed by atoms with van der Waals surface area (Å²) in [7, 11) is -3.67. The molecule has 8 nitrogen and oxygen atoms in total. The van der Waals surface area contributed by atoms with E-state index in [4.69, 9.17) is 9.29 Å². The summed E-state index contributed by atoms with van der Waals surface area (Å²) in [5.74, 6) is -5.24. The number of carbonyl (C=O) groups is 1. The molecule has 1 aliphatic rings. The molecule has 13 heteroatoms. The molecule has 0 radical (unpaired) electrons. The molecule has 1 fully saturated rings. The van der Waals surface area contributed by atoms with Crippen LogP contribution in [0.5, 0.6) is 0 Å². The van der Waals surface area contributed by atoms with Crippen molar-refractivity contribution in [3.8, 4) is 0 Å². The first-order valence-corrected chi connectivity index (χ1v) is 11.5. The highest BCUT2D eigenvalue weighted by molar-refractivity contribution is 7.85. The first-order valence-electron chi connectivity index (χ1n) is 9.65. The fourth-order valence-corrected chi connectivity index (χ4v) is 2.96. The molecule has 1 aromatic heterocycles. The van der Waals surface area contributed by atoms with Crippen LogP contribution in [0.3, 0.4) is 0 Å². The van der Waals surface area contributed by atoms with E-state index in [0.717, 1.165) is 11.1 Å². The van der Waals surface area contributed by atoms with E-state index in [9.17, 15) is 30.8 Å². The highest BCUT2D eigenvalue weighted by Crippen LogP contribution is 2.33. The largest absolute Gasteiger partial charge is 0.445 e. The summed E-state index contributed by atoms with van der Waals surface area (Å²) in [6.45, 7) is -0.941. The number of halogens is 4. The second-order valence-corrected chi connectivity index (χ2v) is 8.78. The first kappa shape index (κ1) is 26.3. The van der Waals surface area contributed by atoms with Crippen LogP contribution in [0.15, 0.2) is 42.7 Å². The van der Waals surface area contributed by atoms with Gasteiger partial charge in [0, 0.05) is 25.2 Å². The normalized spacial score (nSPS) is 17.5. The third kappa shape index (κ3) is 9.22. The van der Waals surface area contributed by atoms with E-state index in [-0.39, 0.29) is 31.8 Å². The summed E-state index contributed by atoms with van der Waals surface area (Å²) in [4.78, 5) is 16.6. The third-order valence-corrected chi connectivity index (χ3v) is 4.59. The molecular weight excluding hydrogens is 470 g/mol. The molecule has 1 amide bonds. The molecule has 2 N–H and O–H groups in total. The molecule has 3 rings (SSSR count). The molecule has 1 aliphatic heterocycles. The van der Waals surface area contributed by atoms with Crippen LogP contribution < -0.4 is 5.32 Å². The molecule has 0 unspecified atom stereocenters. The van der Waals surface area contributed by atoms with Crippen LogP contribution >= 0.6 is 0 Å².